The molecule has 0 saturated carbocycles. The number of carboxylic acid groups (broad SMARTS) is 1. The molecular weight excluding hydrogens is 372 g/mol. The summed E-state index contributed by atoms with van der Waals surface area (Å²) in [5.41, 5.74) is 13.8. The predicted molar refractivity (Wildman–Crippen MR) is 111 cm³/mol. The number of benzene rings is 2. The second-order valence-electron chi connectivity index (χ2n) is 7.06. The Hall–Kier alpha value is -3.55. The molecule has 8 nitrogen and oxygen atoms in total. The molecule has 2 rings (SSSR count). The maximum Gasteiger partial charge on any atom is 0.330 e. The van der Waals surface area contributed by atoms with Gasteiger partial charge >= 0.3 is 5.97 Å². The van der Waals surface area contributed by atoms with Gasteiger partial charge in [0.1, 0.15) is 11.6 Å². The summed E-state index contributed by atoms with van der Waals surface area (Å²) in [4.78, 5) is 23.1. The van der Waals surface area contributed by atoms with Crippen LogP contribution in [0.2, 0.25) is 0 Å². The van der Waals surface area contributed by atoms with E-state index in [9.17, 15) is 14.7 Å². The minimum absolute atomic E-state index is 0.0431. The summed E-state index contributed by atoms with van der Waals surface area (Å²) < 4.78 is 5.52. The fourth-order valence-corrected chi connectivity index (χ4v) is 2.94. The average Bonchev–Trinajstić information content (AvgIpc) is 2.64. The van der Waals surface area contributed by atoms with Crippen LogP contribution in [0.4, 0.5) is 5.69 Å². The van der Waals surface area contributed by atoms with Gasteiger partial charge in [-0.2, -0.15) is 0 Å². The van der Waals surface area contributed by atoms with Crippen LogP contribution >= 0.6 is 0 Å². The van der Waals surface area contributed by atoms with Crippen molar-refractivity contribution in [3.63, 3.8) is 0 Å². The molecule has 0 saturated heterocycles. The maximum absolute atomic E-state index is 12.0. The lowest BCUT2D eigenvalue weighted by Gasteiger charge is -2.22. The molecule has 0 aliphatic heterocycles. The molecule has 0 heterocycles. The largest absolute Gasteiger partial charge is 0.483 e. The molecular formula is C21H26N4O4. The molecule has 1 atom stereocenters. The smallest absolute Gasteiger partial charge is 0.330 e. The van der Waals surface area contributed by atoms with Gasteiger partial charge in [0.25, 0.3) is 5.91 Å². The van der Waals surface area contributed by atoms with E-state index >= 15 is 0 Å². The minimum Gasteiger partial charge on any atom is -0.483 e. The Labute approximate surface area is 169 Å². The van der Waals surface area contributed by atoms with E-state index in [4.69, 9.17) is 21.6 Å². The van der Waals surface area contributed by atoms with Gasteiger partial charge in [0.2, 0.25) is 0 Å². The first-order valence-electron chi connectivity index (χ1n) is 9.09. The molecule has 0 bridgehead atoms. The first-order valence-corrected chi connectivity index (χ1v) is 9.09. The van der Waals surface area contributed by atoms with E-state index < -0.39 is 17.9 Å². The van der Waals surface area contributed by atoms with E-state index in [1.54, 1.807) is 43.3 Å². The molecule has 1 amide bonds. The van der Waals surface area contributed by atoms with Crippen LogP contribution in [0.1, 0.15) is 48.1 Å². The van der Waals surface area contributed by atoms with Crippen LogP contribution in [0.3, 0.4) is 0 Å². The van der Waals surface area contributed by atoms with Crippen LogP contribution in [0.15, 0.2) is 36.4 Å². The number of aliphatic carboxylic acids is 1. The first kappa shape index (κ1) is 21.7. The molecule has 0 spiro atoms. The number of primary amides is 1. The van der Waals surface area contributed by atoms with Gasteiger partial charge in [0, 0.05) is 11.3 Å². The SMILES string of the molecule is Cc1cc(OCC(N)=O)c(C(C)C)cc1C(Nc1ccc(C(=N)N)cc1)C(=O)O. The molecule has 7 N–H and O–H groups in total. The number of carbonyl (C=O) groups is 2. The van der Waals surface area contributed by atoms with Crippen molar-refractivity contribution >= 4 is 23.4 Å². The number of carboxylic acids is 1. The van der Waals surface area contributed by atoms with Gasteiger partial charge in [0.05, 0.1) is 0 Å². The van der Waals surface area contributed by atoms with Gasteiger partial charge in [0.15, 0.2) is 12.6 Å². The highest BCUT2D eigenvalue weighted by Crippen LogP contribution is 2.33. The van der Waals surface area contributed by atoms with Gasteiger partial charge in [-0.15, -0.1) is 0 Å². The van der Waals surface area contributed by atoms with Crippen molar-refractivity contribution in [2.75, 3.05) is 11.9 Å². The Morgan fingerprint density at radius 3 is 2.24 bits per heavy atom. The quantitative estimate of drug-likeness (QED) is 0.323. The Morgan fingerprint density at radius 1 is 1.14 bits per heavy atom. The molecule has 0 aliphatic rings. The topological polar surface area (TPSA) is 152 Å². The standard InChI is InChI=1S/C21H26N4O4/c1-11(2)15-9-16(12(3)8-17(15)29-10-18(22)26)19(21(27)28)25-14-6-4-13(5-7-14)20(23)24/h4-9,11,19,25H,10H2,1-3H3,(H2,22,26)(H3,23,24)(H,27,28). The number of nitrogens with two attached hydrogens (primary N) is 2. The van der Waals surface area contributed by atoms with Crippen molar-refractivity contribution in [3.8, 4) is 5.75 Å². The van der Waals surface area contributed by atoms with E-state index in [0.29, 0.717) is 28.1 Å². The fraction of sp³-hybridized carbons (Fsp3) is 0.286. The monoisotopic (exact) mass is 398 g/mol. The van der Waals surface area contributed by atoms with Crippen LogP contribution in [0.5, 0.6) is 5.75 Å². The van der Waals surface area contributed by atoms with Crippen molar-refractivity contribution in [2.45, 2.75) is 32.7 Å². The third-order valence-electron chi connectivity index (χ3n) is 4.46. The first-order chi connectivity index (χ1) is 13.6. The number of nitrogen functional groups attached to an aromatic ring is 1. The maximum atomic E-state index is 12.0. The lowest BCUT2D eigenvalue weighted by Crippen LogP contribution is -2.23. The number of amidine groups is 1. The number of hydrogen-bond acceptors (Lipinski definition) is 5. The lowest BCUT2D eigenvalue weighted by atomic mass is 9.92. The Bertz CT molecular complexity index is 923. The normalized spacial score (nSPS) is 11.7. The van der Waals surface area contributed by atoms with Crippen LogP contribution in [-0.2, 0) is 9.59 Å². The van der Waals surface area contributed by atoms with E-state index in [-0.39, 0.29) is 18.4 Å². The van der Waals surface area contributed by atoms with Crippen LogP contribution in [-0.4, -0.2) is 29.4 Å². The number of aryl methyl sites for hydroxylation is 1. The molecule has 0 aromatic heterocycles. The number of ether oxygens (including phenoxy) is 1. The van der Waals surface area contributed by atoms with Gasteiger partial charge in [-0.3, -0.25) is 10.2 Å². The van der Waals surface area contributed by atoms with Crippen molar-refractivity contribution in [3.05, 3.63) is 58.7 Å². The van der Waals surface area contributed by atoms with Crippen molar-refractivity contribution in [2.24, 2.45) is 11.5 Å². The highest BCUT2D eigenvalue weighted by Gasteiger charge is 2.24. The average molecular weight is 398 g/mol. The highest BCUT2D eigenvalue weighted by atomic mass is 16.5. The summed E-state index contributed by atoms with van der Waals surface area (Å²) in [6.07, 6.45) is 0. The zero-order valence-electron chi connectivity index (χ0n) is 16.7. The number of amides is 1. The van der Waals surface area contributed by atoms with E-state index in [0.717, 1.165) is 5.56 Å². The van der Waals surface area contributed by atoms with Gasteiger partial charge < -0.3 is 26.6 Å². The second kappa shape index (κ2) is 9.09. The zero-order valence-corrected chi connectivity index (χ0v) is 16.7. The van der Waals surface area contributed by atoms with Crippen molar-refractivity contribution in [1.82, 2.24) is 0 Å². The Morgan fingerprint density at radius 2 is 1.76 bits per heavy atom. The summed E-state index contributed by atoms with van der Waals surface area (Å²) in [5, 5.41) is 20.3. The number of rotatable bonds is 9. The summed E-state index contributed by atoms with van der Waals surface area (Å²) >= 11 is 0. The number of anilines is 1. The third-order valence-corrected chi connectivity index (χ3v) is 4.46. The third kappa shape index (κ3) is 5.47. The van der Waals surface area contributed by atoms with Crippen molar-refractivity contribution < 1.29 is 19.4 Å². The molecule has 2 aromatic carbocycles. The van der Waals surface area contributed by atoms with E-state index in [1.807, 2.05) is 13.8 Å². The molecule has 0 radical (unpaired) electrons. The minimum atomic E-state index is -1.04. The van der Waals surface area contributed by atoms with E-state index in [1.165, 1.54) is 0 Å². The van der Waals surface area contributed by atoms with Crippen LogP contribution in [0.25, 0.3) is 0 Å². The van der Waals surface area contributed by atoms with Crippen molar-refractivity contribution in [1.29, 1.82) is 5.41 Å². The Kier molecular flexibility index (Phi) is 6.82. The molecule has 2 aromatic rings. The van der Waals surface area contributed by atoms with Gasteiger partial charge in [-0.25, -0.2) is 4.79 Å². The summed E-state index contributed by atoms with van der Waals surface area (Å²) in [5.74, 6) is -1.13. The number of nitrogens with one attached hydrogen (secondary N) is 2. The molecule has 1 unspecified atom stereocenters. The summed E-state index contributed by atoms with van der Waals surface area (Å²) in [6, 6.07) is 9.16. The van der Waals surface area contributed by atoms with E-state index in [2.05, 4.69) is 5.32 Å². The Balaban J connectivity index is 2.41. The van der Waals surface area contributed by atoms with Crippen LogP contribution in [0, 0.1) is 12.3 Å². The lowest BCUT2D eigenvalue weighted by molar-refractivity contribution is -0.138. The number of hydrogen-bond donors (Lipinski definition) is 5. The number of carbonyl (C=O) groups excluding carboxylic acids is 1. The zero-order chi connectivity index (χ0) is 21.7. The molecule has 8 heteroatoms. The molecule has 0 aliphatic carbocycles. The van der Waals surface area contributed by atoms with Crippen LogP contribution < -0.4 is 21.5 Å². The predicted octanol–water partition coefficient (Wildman–Crippen LogP) is 2.50. The van der Waals surface area contributed by atoms with Gasteiger partial charge in [-0.1, -0.05) is 13.8 Å². The molecule has 29 heavy (non-hydrogen) atoms. The second-order valence-corrected chi connectivity index (χ2v) is 7.06. The van der Waals surface area contributed by atoms with Gasteiger partial charge in [-0.05, 0) is 65.9 Å². The fourth-order valence-electron chi connectivity index (χ4n) is 2.94. The summed E-state index contributed by atoms with van der Waals surface area (Å²) in [6.45, 7) is 5.44. The molecule has 0 fully saturated rings. The summed E-state index contributed by atoms with van der Waals surface area (Å²) in [7, 11) is 0. The highest BCUT2D eigenvalue weighted by molar-refractivity contribution is 5.95. The molecule has 154 valence electrons.